The Balaban J connectivity index is 1.66. The third-order valence-electron chi connectivity index (χ3n) is 3.87. The number of hydrogen-bond acceptors (Lipinski definition) is 6. The number of rotatable bonds is 4. The van der Waals surface area contributed by atoms with Crippen LogP contribution in [0.4, 0.5) is 5.82 Å². The Bertz CT molecular complexity index is 732. The molecule has 1 saturated carbocycles. The first-order valence-electron chi connectivity index (χ1n) is 7.59. The fourth-order valence-electron chi connectivity index (χ4n) is 2.58. The van der Waals surface area contributed by atoms with Gasteiger partial charge in [-0.15, -0.1) is 0 Å². The van der Waals surface area contributed by atoms with Crippen LogP contribution in [0.5, 0.6) is 0 Å². The fraction of sp³-hybridized carbons (Fsp3) is 0.438. The highest BCUT2D eigenvalue weighted by Gasteiger charge is 2.33. The Kier molecular flexibility index (Phi) is 3.41. The van der Waals surface area contributed by atoms with E-state index in [1.54, 1.807) is 0 Å². The van der Waals surface area contributed by atoms with Crippen LogP contribution in [0, 0.1) is 0 Å². The van der Waals surface area contributed by atoms with Crippen molar-refractivity contribution in [2.45, 2.75) is 48.7 Å². The third-order valence-corrected chi connectivity index (χ3v) is 4.94. The summed E-state index contributed by atoms with van der Waals surface area (Å²) in [6.45, 7) is 1.92. The van der Waals surface area contributed by atoms with E-state index in [1.165, 1.54) is 24.6 Å². The Labute approximate surface area is 132 Å². The monoisotopic (exact) mass is 315 g/mol. The summed E-state index contributed by atoms with van der Waals surface area (Å²) >= 11 is 1.40. The molecule has 1 aliphatic carbocycles. The van der Waals surface area contributed by atoms with Crippen LogP contribution in [0.25, 0.3) is 10.9 Å². The Morgan fingerprint density at radius 2 is 2.09 bits per heavy atom. The average Bonchev–Trinajstić information content (AvgIpc) is 3.25. The van der Waals surface area contributed by atoms with Gasteiger partial charge in [0.1, 0.15) is 17.2 Å². The van der Waals surface area contributed by atoms with Gasteiger partial charge in [0.25, 0.3) is 0 Å². The lowest BCUT2D eigenvalue weighted by atomic mass is 10.2. The van der Waals surface area contributed by atoms with Crippen LogP contribution in [0.2, 0.25) is 0 Å². The molecule has 0 spiro atoms. The number of fused-ring (bicyclic) bond motifs is 1. The number of esters is 1. The van der Waals surface area contributed by atoms with Crippen molar-refractivity contribution in [2.24, 2.45) is 0 Å². The minimum absolute atomic E-state index is 0.0190. The van der Waals surface area contributed by atoms with Gasteiger partial charge in [-0.3, -0.25) is 4.79 Å². The second-order valence-electron chi connectivity index (χ2n) is 5.88. The van der Waals surface area contributed by atoms with E-state index in [2.05, 4.69) is 15.3 Å². The number of carbonyl (C=O) groups excluding carboxylic acids is 1. The molecule has 22 heavy (non-hydrogen) atoms. The van der Waals surface area contributed by atoms with Crippen LogP contribution in [0.1, 0.15) is 26.2 Å². The molecule has 1 aromatic carbocycles. The van der Waals surface area contributed by atoms with Gasteiger partial charge in [0, 0.05) is 17.8 Å². The average molecular weight is 315 g/mol. The molecule has 0 amide bonds. The van der Waals surface area contributed by atoms with Gasteiger partial charge in [0.2, 0.25) is 0 Å². The van der Waals surface area contributed by atoms with Gasteiger partial charge in [-0.05, 0) is 31.9 Å². The number of nitrogens with one attached hydrogen (secondary N) is 1. The zero-order valence-corrected chi connectivity index (χ0v) is 13.1. The van der Waals surface area contributed by atoms with E-state index < -0.39 is 0 Å². The summed E-state index contributed by atoms with van der Waals surface area (Å²) in [5.41, 5.74) is 0.905. The Hall–Kier alpha value is -1.82. The Morgan fingerprint density at radius 1 is 1.27 bits per heavy atom. The van der Waals surface area contributed by atoms with Crippen LogP contribution < -0.4 is 5.32 Å². The van der Waals surface area contributed by atoms with Crippen LogP contribution in [-0.2, 0) is 9.53 Å². The number of aromatic nitrogens is 2. The van der Waals surface area contributed by atoms with Crippen molar-refractivity contribution < 1.29 is 9.53 Å². The fourth-order valence-corrected chi connectivity index (χ4v) is 3.65. The summed E-state index contributed by atoms with van der Waals surface area (Å²) in [5, 5.41) is 4.93. The smallest absolute Gasteiger partial charge is 0.319 e. The Morgan fingerprint density at radius 3 is 2.82 bits per heavy atom. The van der Waals surface area contributed by atoms with Gasteiger partial charge < -0.3 is 10.1 Å². The van der Waals surface area contributed by atoms with Crippen molar-refractivity contribution in [3.63, 3.8) is 0 Å². The maximum Gasteiger partial charge on any atom is 0.319 e. The lowest BCUT2D eigenvalue weighted by Crippen LogP contribution is -2.11. The maximum absolute atomic E-state index is 11.8. The number of carbonyl (C=O) groups is 1. The van der Waals surface area contributed by atoms with Crippen molar-refractivity contribution in [3.8, 4) is 0 Å². The summed E-state index contributed by atoms with van der Waals surface area (Å²) in [7, 11) is 0. The molecule has 2 aliphatic rings. The van der Waals surface area contributed by atoms with E-state index in [9.17, 15) is 4.79 Å². The van der Waals surface area contributed by atoms with Gasteiger partial charge in [-0.25, -0.2) is 9.97 Å². The first-order valence-corrected chi connectivity index (χ1v) is 8.47. The molecule has 0 bridgehead atoms. The maximum atomic E-state index is 11.8. The quantitative estimate of drug-likeness (QED) is 0.691. The van der Waals surface area contributed by atoms with E-state index in [4.69, 9.17) is 4.74 Å². The van der Waals surface area contributed by atoms with Crippen molar-refractivity contribution in [3.05, 3.63) is 24.3 Å². The summed E-state index contributed by atoms with van der Waals surface area (Å²) in [6.07, 6.45) is 3.07. The number of hydrogen-bond donors (Lipinski definition) is 1. The highest BCUT2D eigenvalue weighted by molar-refractivity contribution is 8.00. The second-order valence-corrected chi connectivity index (χ2v) is 7.05. The highest BCUT2D eigenvalue weighted by atomic mass is 32.2. The van der Waals surface area contributed by atoms with Crippen LogP contribution in [0.3, 0.4) is 0 Å². The van der Waals surface area contributed by atoms with Crippen LogP contribution in [-0.4, -0.2) is 33.3 Å². The molecule has 1 N–H and O–H groups in total. The molecule has 1 aromatic heterocycles. The minimum atomic E-state index is -0.204. The molecule has 0 radical (unpaired) electrons. The SMILES string of the molecule is C[C@@H]1C[C@H](Sc2nc(NC3CC3)c3ccccc3n2)C(=O)O1. The summed E-state index contributed by atoms with van der Waals surface area (Å²) in [4.78, 5) is 21.0. The van der Waals surface area contributed by atoms with Crippen molar-refractivity contribution in [2.75, 3.05) is 5.32 Å². The molecule has 2 aromatic rings. The first-order chi connectivity index (χ1) is 10.7. The lowest BCUT2D eigenvalue weighted by Gasteiger charge is -2.11. The predicted octanol–water partition coefficient (Wildman–Crippen LogP) is 3.00. The van der Waals surface area contributed by atoms with E-state index in [0.717, 1.165) is 16.7 Å². The molecule has 1 saturated heterocycles. The number of cyclic esters (lactones) is 1. The van der Waals surface area contributed by atoms with Crippen molar-refractivity contribution in [1.29, 1.82) is 0 Å². The first kappa shape index (κ1) is 13.8. The molecular formula is C16H17N3O2S. The summed E-state index contributed by atoms with van der Waals surface area (Å²) in [5.74, 6) is 0.709. The number of ether oxygens (including phenoxy) is 1. The minimum Gasteiger partial charge on any atom is -0.462 e. The van der Waals surface area contributed by atoms with E-state index in [1.807, 2.05) is 31.2 Å². The van der Waals surface area contributed by atoms with E-state index in [0.29, 0.717) is 17.6 Å². The van der Waals surface area contributed by atoms with Gasteiger partial charge in [0.05, 0.1) is 5.52 Å². The van der Waals surface area contributed by atoms with Gasteiger partial charge in [-0.1, -0.05) is 23.9 Å². The van der Waals surface area contributed by atoms with Gasteiger partial charge >= 0.3 is 5.97 Å². The molecular weight excluding hydrogens is 298 g/mol. The highest BCUT2D eigenvalue weighted by Crippen LogP contribution is 2.34. The topological polar surface area (TPSA) is 64.1 Å². The predicted molar refractivity (Wildman–Crippen MR) is 86.0 cm³/mol. The zero-order chi connectivity index (χ0) is 15.1. The molecule has 2 atom stereocenters. The van der Waals surface area contributed by atoms with Gasteiger partial charge in [-0.2, -0.15) is 0 Å². The summed E-state index contributed by atoms with van der Waals surface area (Å²) < 4.78 is 5.21. The molecule has 2 heterocycles. The molecule has 4 rings (SSSR count). The third kappa shape index (κ3) is 2.75. The van der Waals surface area contributed by atoms with Crippen LogP contribution >= 0.6 is 11.8 Å². The molecule has 5 nitrogen and oxygen atoms in total. The van der Waals surface area contributed by atoms with Crippen molar-refractivity contribution in [1.82, 2.24) is 9.97 Å². The standard InChI is InChI=1S/C16H17N3O2S/c1-9-8-13(15(20)21-9)22-16-18-12-5-3-2-4-11(12)14(19-16)17-10-6-7-10/h2-5,9-10,13H,6-8H2,1H3,(H,17,18,19)/t9-,13+/m1/s1. The molecule has 6 heteroatoms. The van der Waals surface area contributed by atoms with E-state index >= 15 is 0 Å². The molecule has 2 fully saturated rings. The zero-order valence-electron chi connectivity index (χ0n) is 12.3. The number of nitrogens with zero attached hydrogens (tertiary/aromatic N) is 2. The second kappa shape index (κ2) is 5.43. The van der Waals surface area contributed by atoms with E-state index in [-0.39, 0.29) is 17.3 Å². The largest absolute Gasteiger partial charge is 0.462 e. The number of anilines is 1. The molecule has 114 valence electrons. The number of benzene rings is 1. The van der Waals surface area contributed by atoms with Crippen molar-refractivity contribution >= 4 is 34.5 Å². The van der Waals surface area contributed by atoms with Gasteiger partial charge in [0.15, 0.2) is 5.16 Å². The lowest BCUT2D eigenvalue weighted by molar-refractivity contribution is -0.140. The number of para-hydroxylation sites is 1. The summed E-state index contributed by atoms with van der Waals surface area (Å²) in [6, 6.07) is 8.49. The molecule has 0 unspecified atom stereocenters. The number of thioether (sulfide) groups is 1. The molecule has 1 aliphatic heterocycles. The van der Waals surface area contributed by atoms with Crippen LogP contribution in [0.15, 0.2) is 29.4 Å². The normalized spacial score (nSPS) is 24.5.